The summed E-state index contributed by atoms with van der Waals surface area (Å²) < 4.78 is 0. The Kier molecular flexibility index (Phi) is 3.12. The third-order valence-electron chi connectivity index (χ3n) is 6.56. The standard InChI is InChI=1S/C21H25N3O/c1-20-11-23-13-21(19(20)25,16-5-3-2-4-6-16)14-24(12-20)18(23)15-7-9-17(22)10-8-15/h2-10,18-19,25H,11-14,22H2,1H3. The zero-order chi connectivity index (χ0) is 17.2. The van der Waals surface area contributed by atoms with Gasteiger partial charge in [-0.05, 0) is 23.3 Å². The van der Waals surface area contributed by atoms with E-state index in [0.29, 0.717) is 0 Å². The summed E-state index contributed by atoms with van der Waals surface area (Å²) in [4.78, 5) is 5.11. The van der Waals surface area contributed by atoms with Crippen LogP contribution >= 0.6 is 0 Å². The Morgan fingerprint density at radius 2 is 1.52 bits per heavy atom. The van der Waals surface area contributed by atoms with E-state index < -0.39 is 0 Å². The van der Waals surface area contributed by atoms with Crippen molar-refractivity contribution >= 4 is 5.69 Å². The van der Waals surface area contributed by atoms with Gasteiger partial charge in [-0.1, -0.05) is 49.4 Å². The van der Waals surface area contributed by atoms with Crippen LogP contribution in [0.2, 0.25) is 0 Å². The Bertz CT molecular complexity index is 773. The average molecular weight is 335 g/mol. The van der Waals surface area contributed by atoms with Crippen LogP contribution in [0.15, 0.2) is 54.6 Å². The van der Waals surface area contributed by atoms with Crippen LogP contribution in [0.25, 0.3) is 0 Å². The monoisotopic (exact) mass is 335 g/mol. The Morgan fingerprint density at radius 1 is 0.920 bits per heavy atom. The summed E-state index contributed by atoms with van der Waals surface area (Å²) in [5.41, 5.74) is 8.96. The fourth-order valence-electron chi connectivity index (χ4n) is 5.65. The fraction of sp³-hybridized carbons (Fsp3) is 0.429. The summed E-state index contributed by atoms with van der Waals surface area (Å²) in [6.07, 6.45) is -0.0136. The minimum absolute atomic E-state index is 0.0867. The van der Waals surface area contributed by atoms with E-state index in [-0.39, 0.29) is 23.1 Å². The first-order valence-electron chi connectivity index (χ1n) is 9.09. The predicted molar refractivity (Wildman–Crippen MR) is 99.0 cm³/mol. The second-order valence-corrected chi connectivity index (χ2v) is 8.43. The smallest absolute Gasteiger partial charge is 0.0887 e. The molecule has 0 spiro atoms. The number of aliphatic hydroxyl groups is 1. The molecule has 0 saturated carbocycles. The minimum atomic E-state index is -0.303. The Balaban J connectivity index is 1.58. The van der Waals surface area contributed by atoms with Crippen LogP contribution in [0.4, 0.5) is 5.69 Å². The molecule has 130 valence electrons. The molecule has 2 aromatic rings. The molecule has 3 unspecified atom stereocenters. The molecule has 0 amide bonds. The number of benzene rings is 2. The van der Waals surface area contributed by atoms with Gasteiger partial charge in [0.15, 0.2) is 0 Å². The third kappa shape index (κ3) is 2.05. The van der Waals surface area contributed by atoms with Crippen LogP contribution in [0, 0.1) is 5.41 Å². The van der Waals surface area contributed by atoms with Crippen LogP contribution in [-0.2, 0) is 5.41 Å². The number of nitrogen functional groups attached to an aromatic ring is 1. The molecule has 0 radical (unpaired) electrons. The molecule has 25 heavy (non-hydrogen) atoms. The van der Waals surface area contributed by atoms with Gasteiger partial charge in [0.05, 0.1) is 12.3 Å². The second-order valence-electron chi connectivity index (χ2n) is 8.43. The molecule has 3 N–H and O–H groups in total. The first-order valence-corrected chi connectivity index (χ1v) is 9.09. The fourth-order valence-corrected chi connectivity index (χ4v) is 5.65. The highest BCUT2D eigenvalue weighted by Gasteiger charge is 2.64. The van der Waals surface area contributed by atoms with Crippen LogP contribution in [0.3, 0.4) is 0 Å². The molecular weight excluding hydrogens is 310 g/mol. The highest BCUT2D eigenvalue weighted by Crippen LogP contribution is 2.55. The van der Waals surface area contributed by atoms with Crippen molar-refractivity contribution in [3.05, 3.63) is 65.7 Å². The molecule has 6 rings (SSSR count). The van der Waals surface area contributed by atoms with Gasteiger partial charge in [-0.3, -0.25) is 9.80 Å². The van der Waals surface area contributed by atoms with Crippen molar-refractivity contribution in [3.8, 4) is 0 Å². The summed E-state index contributed by atoms with van der Waals surface area (Å²) in [6, 6.07) is 18.9. The van der Waals surface area contributed by atoms with E-state index >= 15 is 0 Å². The van der Waals surface area contributed by atoms with E-state index in [1.54, 1.807) is 0 Å². The average Bonchev–Trinajstić information content (AvgIpc) is 2.60. The second kappa shape index (κ2) is 5.07. The van der Waals surface area contributed by atoms with Gasteiger partial charge in [-0.15, -0.1) is 0 Å². The Hall–Kier alpha value is -1.88. The molecule has 0 aromatic heterocycles. The predicted octanol–water partition coefficient (Wildman–Crippen LogP) is 2.22. The number of nitrogens with zero attached hydrogens (tertiary/aromatic N) is 2. The van der Waals surface area contributed by atoms with Gasteiger partial charge in [0.2, 0.25) is 0 Å². The van der Waals surface area contributed by atoms with E-state index in [1.165, 1.54) is 11.1 Å². The van der Waals surface area contributed by atoms with Gasteiger partial charge in [0.25, 0.3) is 0 Å². The van der Waals surface area contributed by atoms with Gasteiger partial charge < -0.3 is 10.8 Å². The molecule has 4 saturated heterocycles. The van der Waals surface area contributed by atoms with Gasteiger partial charge >= 0.3 is 0 Å². The topological polar surface area (TPSA) is 52.7 Å². The Morgan fingerprint density at radius 3 is 2.12 bits per heavy atom. The molecule has 4 aliphatic rings. The molecule has 4 heteroatoms. The lowest BCUT2D eigenvalue weighted by Crippen LogP contribution is -2.79. The number of rotatable bonds is 2. The van der Waals surface area contributed by atoms with Gasteiger partial charge in [-0.25, -0.2) is 0 Å². The van der Waals surface area contributed by atoms with E-state index in [9.17, 15) is 5.11 Å². The first kappa shape index (κ1) is 15.4. The van der Waals surface area contributed by atoms with Crippen molar-refractivity contribution in [2.24, 2.45) is 5.41 Å². The molecule has 3 atom stereocenters. The van der Waals surface area contributed by atoms with Crippen molar-refractivity contribution in [1.82, 2.24) is 9.80 Å². The summed E-state index contributed by atoms with van der Waals surface area (Å²) in [5, 5.41) is 11.3. The van der Waals surface area contributed by atoms with Crippen molar-refractivity contribution in [3.63, 3.8) is 0 Å². The maximum atomic E-state index is 11.3. The number of anilines is 1. The highest BCUT2D eigenvalue weighted by molar-refractivity contribution is 5.41. The van der Waals surface area contributed by atoms with Crippen molar-refractivity contribution in [2.45, 2.75) is 24.6 Å². The molecule has 2 aromatic carbocycles. The van der Waals surface area contributed by atoms with Crippen molar-refractivity contribution in [1.29, 1.82) is 0 Å². The highest BCUT2D eigenvalue weighted by atomic mass is 16.3. The molecule has 0 aliphatic carbocycles. The minimum Gasteiger partial charge on any atom is -0.399 e. The summed E-state index contributed by atoms with van der Waals surface area (Å²) in [6.45, 7) is 5.92. The zero-order valence-corrected chi connectivity index (χ0v) is 14.6. The molecule has 4 heterocycles. The van der Waals surface area contributed by atoms with Crippen LogP contribution in [-0.4, -0.2) is 47.2 Å². The number of aliphatic hydroxyl groups excluding tert-OH is 1. The summed E-state index contributed by atoms with van der Waals surface area (Å²) in [7, 11) is 0. The maximum Gasteiger partial charge on any atom is 0.0887 e. The quantitative estimate of drug-likeness (QED) is 0.827. The van der Waals surface area contributed by atoms with Gasteiger partial charge in [-0.2, -0.15) is 0 Å². The third-order valence-corrected chi connectivity index (χ3v) is 6.56. The lowest BCUT2D eigenvalue weighted by atomic mass is 9.57. The van der Waals surface area contributed by atoms with Crippen LogP contribution in [0.5, 0.6) is 0 Å². The number of hydrogen-bond acceptors (Lipinski definition) is 4. The lowest BCUT2D eigenvalue weighted by molar-refractivity contribution is -0.232. The summed E-state index contributed by atoms with van der Waals surface area (Å²) >= 11 is 0. The van der Waals surface area contributed by atoms with Gasteiger partial charge in [0.1, 0.15) is 0 Å². The van der Waals surface area contributed by atoms with E-state index in [2.05, 4.69) is 59.2 Å². The first-order chi connectivity index (χ1) is 12.0. The number of piperidine rings is 2. The Labute approximate surface area is 148 Å². The van der Waals surface area contributed by atoms with Crippen molar-refractivity contribution in [2.75, 3.05) is 31.9 Å². The molecule has 4 fully saturated rings. The SMILES string of the molecule is CC12CN3CC(c4ccccc4)(CN(C1)C3c1ccc(N)cc1)C2O. The summed E-state index contributed by atoms with van der Waals surface area (Å²) in [5.74, 6) is 0. The largest absolute Gasteiger partial charge is 0.399 e. The number of nitrogens with two attached hydrogens (primary N) is 1. The van der Waals surface area contributed by atoms with Crippen molar-refractivity contribution < 1.29 is 5.11 Å². The van der Waals surface area contributed by atoms with Crippen LogP contribution in [0.1, 0.15) is 24.2 Å². The normalized spacial score (nSPS) is 41.8. The van der Waals surface area contributed by atoms with E-state index in [4.69, 9.17) is 5.73 Å². The number of hydrogen-bond donors (Lipinski definition) is 2. The maximum absolute atomic E-state index is 11.3. The molecule has 4 aliphatic heterocycles. The lowest BCUT2D eigenvalue weighted by Gasteiger charge is -2.69. The molecular formula is C21H25N3O. The van der Waals surface area contributed by atoms with Crippen LogP contribution < -0.4 is 5.73 Å². The van der Waals surface area contributed by atoms with E-state index in [1.807, 2.05) is 12.1 Å². The zero-order valence-electron chi connectivity index (χ0n) is 14.6. The van der Waals surface area contributed by atoms with E-state index in [0.717, 1.165) is 31.9 Å². The molecule has 4 nitrogen and oxygen atoms in total. The molecule has 4 bridgehead atoms. The van der Waals surface area contributed by atoms with Gasteiger partial charge in [0, 0.05) is 42.7 Å².